The first kappa shape index (κ1) is 46.2. The number of hydrogen-bond acceptors (Lipinski definition) is 6. The van der Waals surface area contributed by atoms with Crippen LogP contribution in [0.3, 0.4) is 0 Å². The van der Waals surface area contributed by atoms with Crippen molar-refractivity contribution in [3.05, 3.63) is 85.1 Å². The maximum atomic E-state index is 12.3. The second-order valence-electron chi connectivity index (χ2n) is 11.8. The van der Waals surface area contributed by atoms with Gasteiger partial charge in [0.25, 0.3) is 0 Å². The number of carbonyl (C=O) groups excluding carboxylic acids is 2. The topological polar surface area (TPSA) is 119 Å². The number of unbranched alkanes of at least 4 members (excludes halogenated alkanes) is 8. The highest BCUT2D eigenvalue weighted by Gasteiger charge is 2.22. The Morgan fingerprint density at radius 2 is 1.00 bits per heavy atom. The zero-order valence-electron chi connectivity index (χ0n) is 30.3. The third kappa shape index (κ3) is 37.9. The number of ether oxygens (including phenoxy) is 2. The monoisotopic (exact) mass is 704 g/mol. The van der Waals surface area contributed by atoms with Crippen molar-refractivity contribution in [2.24, 2.45) is 0 Å². The van der Waals surface area contributed by atoms with Gasteiger partial charge in [0.05, 0.1) is 6.61 Å². The molecule has 8 nitrogen and oxygen atoms in total. The van der Waals surface area contributed by atoms with E-state index in [0.29, 0.717) is 12.8 Å². The summed E-state index contributed by atoms with van der Waals surface area (Å²) in [6, 6.07) is 0. The highest BCUT2D eigenvalue weighted by atomic mass is 31.2. The number of esters is 2. The Bertz CT molecular complexity index is 1060. The molecule has 0 aromatic heterocycles. The first-order valence-corrected chi connectivity index (χ1v) is 19.9. The van der Waals surface area contributed by atoms with E-state index in [9.17, 15) is 14.2 Å². The highest BCUT2D eigenvalue weighted by molar-refractivity contribution is 7.46. The van der Waals surface area contributed by atoms with Gasteiger partial charge in [-0.05, 0) is 77.0 Å². The molecule has 49 heavy (non-hydrogen) atoms. The normalized spacial score (nSPS) is 13.5. The average Bonchev–Trinajstić information content (AvgIpc) is 3.07. The molecule has 0 amide bonds. The highest BCUT2D eigenvalue weighted by Crippen LogP contribution is 2.35. The summed E-state index contributed by atoms with van der Waals surface area (Å²) in [6.45, 7) is 3.44. The summed E-state index contributed by atoms with van der Waals surface area (Å²) in [5.74, 6) is -0.980. The van der Waals surface area contributed by atoms with Crippen LogP contribution in [0.2, 0.25) is 0 Å². The van der Waals surface area contributed by atoms with Crippen LogP contribution >= 0.6 is 7.82 Å². The Morgan fingerprint density at radius 3 is 1.53 bits per heavy atom. The zero-order chi connectivity index (χ0) is 36.1. The van der Waals surface area contributed by atoms with Gasteiger partial charge in [-0.25, -0.2) is 4.57 Å². The molecule has 0 saturated carbocycles. The Morgan fingerprint density at radius 1 is 0.551 bits per heavy atom. The van der Waals surface area contributed by atoms with Gasteiger partial charge >= 0.3 is 19.8 Å². The van der Waals surface area contributed by atoms with Crippen molar-refractivity contribution in [2.45, 2.75) is 142 Å². The molecule has 0 aliphatic carbocycles. The van der Waals surface area contributed by atoms with Crippen LogP contribution < -0.4 is 0 Å². The summed E-state index contributed by atoms with van der Waals surface area (Å²) >= 11 is 0. The number of phosphoric ester groups is 1. The summed E-state index contributed by atoms with van der Waals surface area (Å²) in [4.78, 5) is 42.6. The van der Waals surface area contributed by atoms with Crippen LogP contribution in [0.4, 0.5) is 0 Å². The minimum Gasteiger partial charge on any atom is -0.462 e. The molecule has 278 valence electrons. The van der Waals surface area contributed by atoms with E-state index in [1.807, 2.05) is 6.08 Å². The van der Waals surface area contributed by atoms with Gasteiger partial charge < -0.3 is 19.3 Å². The largest absolute Gasteiger partial charge is 0.469 e. The van der Waals surface area contributed by atoms with E-state index in [0.717, 1.165) is 83.5 Å². The van der Waals surface area contributed by atoms with Gasteiger partial charge in [0.15, 0.2) is 6.10 Å². The Balaban J connectivity index is 4.13. The van der Waals surface area contributed by atoms with Gasteiger partial charge in [-0.2, -0.15) is 0 Å². The van der Waals surface area contributed by atoms with E-state index in [1.165, 1.54) is 12.8 Å². The number of phosphoric acid groups is 1. The molecular formula is C40H65O8P. The summed E-state index contributed by atoms with van der Waals surface area (Å²) in [5.41, 5.74) is 0. The Kier molecular flexibility index (Phi) is 33.1. The first-order chi connectivity index (χ1) is 23.8. The van der Waals surface area contributed by atoms with Crippen molar-refractivity contribution in [1.29, 1.82) is 0 Å². The van der Waals surface area contributed by atoms with Crippen LogP contribution in [0.25, 0.3) is 0 Å². The molecule has 1 atom stereocenters. The molecule has 0 radical (unpaired) electrons. The molecule has 0 fully saturated rings. The predicted molar refractivity (Wildman–Crippen MR) is 202 cm³/mol. The predicted octanol–water partition coefficient (Wildman–Crippen LogP) is 10.9. The third-order valence-electron chi connectivity index (χ3n) is 7.15. The third-order valence-corrected chi connectivity index (χ3v) is 7.63. The molecule has 2 N–H and O–H groups in total. The Hall–Kier alpha value is -2.77. The molecule has 0 aliphatic heterocycles. The fourth-order valence-corrected chi connectivity index (χ4v) is 4.78. The molecule has 0 rings (SSSR count). The first-order valence-electron chi connectivity index (χ1n) is 18.4. The minimum absolute atomic E-state index is 0.178. The molecule has 0 unspecified atom stereocenters. The van der Waals surface area contributed by atoms with Crippen LogP contribution in [-0.4, -0.2) is 41.0 Å². The molecular weight excluding hydrogens is 639 g/mol. The van der Waals surface area contributed by atoms with E-state index in [2.05, 4.69) is 97.4 Å². The van der Waals surface area contributed by atoms with Crippen molar-refractivity contribution < 1.29 is 37.9 Å². The lowest BCUT2D eigenvalue weighted by Gasteiger charge is -2.18. The lowest BCUT2D eigenvalue weighted by Crippen LogP contribution is -2.29. The van der Waals surface area contributed by atoms with Crippen LogP contribution in [0, 0.1) is 0 Å². The molecule has 0 spiro atoms. The number of hydrogen-bond donors (Lipinski definition) is 2. The average molecular weight is 705 g/mol. The minimum atomic E-state index is -4.77. The van der Waals surface area contributed by atoms with Crippen LogP contribution in [0.1, 0.15) is 136 Å². The summed E-state index contributed by atoms with van der Waals surface area (Å²) in [7, 11) is -4.77. The van der Waals surface area contributed by atoms with Gasteiger partial charge in [-0.15, -0.1) is 0 Å². The molecule has 9 heteroatoms. The molecule has 0 saturated heterocycles. The SMILES string of the molecule is CC/C=C\C/C=C\C/C=C\C/C=C\C/C=C\CCCC(=O)OC[C@H](COP(=O)(O)O)OC(=O)CCCCCCC/C=C\C/C=C\CCCC. The van der Waals surface area contributed by atoms with Gasteiger partial charge in [0.1, 0.15) is 6.61 Å². The van der Waals surface area contributed by atoms with E-state index in [-0.39, 0.29) is 19.4 Å². The fraction of sp³-hybridized carbons (Fsp3) is 0.600. The van der Waals surface area contributed by atoms with E-state index in [1.54, 1.807) is 0 Å². The van der Waals surface area contributed by atoms with Crippen molar-refractivity contribution in [2.75, 3.05) is 13.2 Å². The number of allylic oxidation sites excluding steroid dienone is 14. The van der Waals surface area contributed by atoms with Crippen molar-refractivity contribution in [1.82, 2.24) is 0 Å². The zero-order valence-corrected chi connectivity index (χ0v) is 31.2. The molecule has 0 aromatic rings. The summed E-state index contributed by atoms with van der Waals surface area (Å²) < 4.78 is 26.2. The van der Waals surface area contributed by atoms with Crippen LogP contribution in [-0.2, 0) is 28.2 Å². The van der Waals surface area contributed by atoms with E-state index >= 15 is 0 Å². The molecule has 0 aliphatic rings. The van der Waals surface area contributed by atoms with E-state index < -0.39 is 32.5 Å². The van der Waals surface area contributed by atoms with Gasteiger partial charge in [-0.3, -0.25) is 14.1 Å². The fourth-order valence-electron chi connectivity index (χ4n) is 4.42. The summed E-state index contributed by atoms with van der Waals surface area (Å²) in [6.07, 6.45) is 45.9. The maximum Gasteiger partial charge on any atom is 0.469 e. The van der Waals surface area contributed by atoms with E-state index in [4.69, 9.17) is 19.3 Å². The van der Waals surface area contributed by atoms with Gasteiger partial charge in [0, 0.05) is 12.8 Å². The number of rotatable bonds is 32. The smallest absolute Gasteiger partial charge is 0.462 e. The van der Waals surface area contributed by atoms with Gasteiger partial charge in [0.2, 0.25) is 0 Å². The van der Waals surface area contributed by atoms with Crippen molar-refractivity contribution >= 4 is 19.8 Å². The standard InChI is InChI=1S/C40H65O8P/c1-3-5-7-9-11-13-15-17-19-20-21-23-24-26-28-30-32-34-39(41)46-36-38(37-47-49(43,44)45)48-40(42)35-33-31-29-27-25-22-18-16-14-12-10-8-6-4-2/h5,7,10-13,16-19,21,23,26,28,38H,3-4,6,8-9,14-15,20,22,24-25,27,29-37H2,1-2H3,(H2,43,44,45)/b7-5-,12-10-,13-11-,18-16-,19-17-,23-21-,28-26-/t38-/m1/s1. The lowest BCUT2D eigenvalue weighted by atomic mass is 10.1. The molecule has 0 bridgehead atoms. The Labute approximate surface area is 297 Å². The second kappa shape index (κ2) is 35.1. The van der Waals surface area contributed by atoms with Crippen LogP contribution in [0.5, 0.6) is 0 Å². The molecule has 0 heterocycles. The van der Waals surface area contributed by atoms with Crippen molar-refractivity contribution in [3.63, 3.8) is 0 Å². The second-order valence-corrected chi connectivity index (χ2v) is 13.0. The molecule has 0 aromatic carbocycles. The quantitative estimate of drug-likeness (QED) is 0.0307. The van der Waals surface area contributed by atoms with Gasteiger partial charge in [-0.1, -0.05) is 131 Å². The lowest BCUT2D eigenvalue weighted by molar-refractivity contribution is -0.161. The maximum absolute atomic E-state index is 12.3. The van der Waals surface area contributed by atoms with Crippen molar-refractivity contribution in [3.8, 4) is 0 Å². The van der Waals surface area contributed by atoms with Crippen LogP contribution in [0.15, 0.2) is 85.1 Å². The summed E-state index contributed by atoms with van der Waals surface area (Å²) in [5, 5.41) is 0. The number of carbonyl (C=O) groups is 2.